The third-order valence-electron chi connectivity index (χ3n) is 1.93. The van der Waals surface area contributed by atoms with E-state index >= 15 is 0 Å². The van der Waals surface area contributed by atoms with Gasteiger partial charge >= 0.3 is 0 Å². The molecule has 3 heteroatoms. The molecule has 0 bridgehead atoms. The van der Waals surface area contributed by atoms with E-state index in [-0.39, 0.29) is 0 Å². The predicted molar refractivity (Wildman–Crippen MR) is 46.8 cm³/mol. The Morgan fingerprint density at radius 3 is 2.62 bits per heavy atom. The maximum atomic E-state index is 8.77. The molecule has 13 heavy (non-hydrogen) atoms. The van der Waals surface area contributed by atoms with E-state index in [2.05, 4.69) is 12.1 Å². The minimum Gasteiger partial charge on any atom is -0.307 e. The average Bonchev–Trinajstić information content (AvgIpc) is 2.60. The standard InChI is InChI=1S/C10H5N3/c11-6-8-2-1-5-13-9(7-12)3-4-10(8)13/h1-5H. The Morgan fingerprint density at radius 2 is 1.92 bits per heavy atom. The second-order valence-corrected chi connectivity index (χ2v) is 2.62. The number of aromatic nitrogens is 1. The summed E-state index contributed by atoms with van der Waals surface area (Å²) in [6.45, 7) is 0. The summed E-state index contributed by atoms with van der Waals surface area (Å²) in [4.78, 5) is 0. The number of rotatable bonds is 0. The van der Waals surface area contributed by atoms with Crippen molar-refractivity contribution in [2.45, 2.75) is 0 Å². The van der Waals surface area contributed by atoms with E-state index in [9.17, 15) is 0 Å². The fourth-order valence-corrected chi connectivity index (χ4v) is 1.32. The molecule has 2 heterocycles. The van der Waals surface area contributed by atoms with Crippen molar-refractivity contribution in [1.29, 1.82) is 10.5 Å². The van der Waals surface area contributed by atoms with Gasteiger partial charge < -0.3 is 4.40 Å². The van der Waals surface area contributed by atoms with Crippen LogP contribution in [0.4, 0.5) is 0 Å². The molecule has 0 aliphatic heterocycles. The number of fused-ring (bicyclic) bond motifs is 1. The van der Waals surface area contributed by atoms with Crippen molar-refractivity contribution in [2.24, 2.45) is 0 Å². The first-order valence-corrected chi connectivity index (χ1v) is 3.77. The molecule has 0 atom stereocenters. The molecule has 0 fully saturated rings. The average molecular weight is 167 g/mol. The Hall–Kier alpha value is -2.26. The van der Waals surface area contributed by atoms with E-state index in [1.807, 2.05) is 0 Å². The lowest BCUT2D eigenvalue weighted by atomic mass is 10.2. The highest BCUT2D eigenvalue weighted by atomic mass is 14.9. The highest BCUT2D eigenvalue weighted by Gasteiger charge is 2.03. The van der Waals surface area contributed by atoms with Crippen LogP contribution in [0.15, 0.2) is 30.5 Å². The third-order valence-corrected chi connectivity index (χ3v) is 1.93. The first-order valence-electron chi connectivity index (χ1n) is 3.77. The van der Waals surface area contributed by atoms with Gasteiger partial charge in [0.25, 0.3) is 0 Å². The fourth-order valence-electron chi connectivity index (χ4n) is 1.32. The van der Waals surface area contributed by atoms with Crippen molar-refractivity contribution in [3.05, 3.63) is 41.7 Å². The molecule has 0 spiro atoms. The van der Waals surface area contributed by atoms with E-state index < -0.39 is 0 Å². The molecule has 0 aliphatic carbocycles. The monoisotopic (exact) mass is 167 g/mol. The number of hydrogen-bond donors (Lipinski definition) is 0. The summed E-state index contributed by atoms with van der Waals surface area (Å²) < 4.78 is 1.71. The minimum atomic E-state index is 0.548. The molecule has 2 aromatic heterocycles. The predicted octanol–water partition coefficient (Wildman–Crippen LogP) is 1.68. The van der Waals surface area contributed by atoms with Crippen LogP contribution in [0.2, 0.25) is 0 Å². The SMILES string of the molecule is N#Cc1cccn2c(C#N)ccc12. The Bertz CT molecular complexity index is 537. The van der Waals surface area contributed by atoms with Gasteiger partial charge in [-0.3, -0.25) is 0 Å². The van der Waals surface area contributed by atoms with Gasteiger partial charge in [0.15, 0.2) is 0 Å². The number of nitrogens with zero attached hydrogens (tertiary/aromatic N) is 3. The van der Waals surface area contributed by atoms with Crippen LogP contribution in [0.1, 0.15) is 11.3 Å². The Morgan fingerprint density at radius 1 is 1.08 bits per heavy atom. The Kier molecular flexibility index (Phi) is 1.51. The van der Waals surface area contributed by atoms with Gasteiger partial charge in [-0.2, -0.15) is 10.5 Å². The molecule has 2 rings (SSSR count). The van der Waals surface area contributed by atoms with E-state index in [0.29, 0.717) is 11.3 Å². The van der Waals surface area contributed by atoms with E-state index in [1.54, 1.807) is 34.9 Å². The molecule has 60 valence electrons. The van der Waals surface area contributed by atoms with Crippen LogP contribution in [-0.4, -0.2) is 4.40 Å². The molecular formula is C10H5N3. The van der Waals surface area contributed by atoms with Gasteiger partial charge in [-0.25, -0.2) is 0 Å². The summed E-state index contributed by atoms with van der Waals surface area (Å²) in [6, 6.07) is 11.1. The second kappa shape index (κ2) is 2.66. The zero-order valence-electron chi connectivity index (χ0n) is 6.73. The lowest BCUT2D eigenvalue weighted by Crippen LogP contribution is -1.88. The van der Waals surface area contributed by atoms with Crippen LogP contribution < -0.4 is 0 Å². The van der Waals surface area contributed by atoms with Gasteiger partial charge in [-0.1, -0.05) is 0 Å². The van der Waals surface area contributed by atoms with Crippen molar-refractivity contribution in [3.63, 3.8) is 0 Å². The minimum absolute atomic E-state index is 0.548. The van der Waals surface area contributed by atoms with Gasteiger partial charge in [0.1, 0.15) is 17.8 Å². The van der Waals surface area contributed by atoms with Crippen molar-refractivity contribution >= 4 is 5.52 Å². The summed E-state index contributed by atoms with van der Waals surface area (Å²) in [5, 5.41) is 17.5. The zero-order chi connectivity index (χ0) is 9.26. The number of hydrogen-bond acceptors (Lipinski definition) is 2. The first-order chi connectivity index (χ1) is 6.36. The molecule has 2 aromatic rings. The molecule has 0 amide bonds. The molecule has 0 radical (unpaired) electrons. The van der Waals surface area contributed by atoms with Crippen molar-refractivity contribution in [3.8, 4) is 12.1 Å². The highest BCUT2D eigenvalue weighted by molar-refractivity contribution is 5.63. The highest BCUT2D eigenvalue weighted by Crippen LogP contribution is 2.13. The maximum absolute atomic E-state index is 8.77. The van der Waals surface area contributed by atoms with Crippen LogP contribution in [0.5, 0.6) is 0 Å². The van der Waals surface area contributed by atoms with Gasteiger partial charge in [-0.15, -0.1) is 0 Å². The summed E-state index contributed by atoms with van der Waals surface area (Å²) in [5.74, 6) is 0. The topological polar surface area (TPSA) is 52.0 Å². The van der Waals surface area contributed by atoms with E-state index in [1.165, 1.54) is 0 Å². The van der Waals surface area contributed by atoms with Crippen LogP contribution in [-0.2, 0) is 0 Å². The van der Waals surface area contributed by atoms with Crippen molar-refractivity contribution in [2.75, 3.05) is 0 Å². The van der Waals surface area contributed by atoms with Crippen LogP contribution >= 0.6 is 0 Å². The molecule has 0 N–H and O–H groups in total. The van der Waals surface area contributed by atoms with E-state index in [4.69, 9.17) is 10.5 Å². The zero-order valence-corrected chi connectivity index (χ0v) is 6.73. The summed E-state index contributed by atoms with van der Waals surface area (Å²) in [7, 11) is 0. The molecule has 0 saturated carbocycles. The van der Waals surface area contributed by atoms with Crippen LogP contribution in [0, 0.1) is 22.7 Å². The number of pyridine rings is 1. The van der Waals surface area contributed by atoms with Gasteiger partial charge in [0.05, 0.1) is 11.1 Å². The summed E-state index contributed by atoms with van der Waals surface area (Å²) in [5.41, 5.74) is 1.91. The number of nitriles is 2. The third kappa shape index (κ3) is 0.953. The van der Waals surface area contributed by atoms with Gasteiger partial charge in [-0.05, 0) is 24.3 Å². The van der Waals surface area contributed by atoms with Gasteiger partial charge in [0, 0.05) is 6.20 Å². The lowest BCUT2D eigenvalue weighted by molar-refractivity contribution is 1.15. The normalized spacial score (nSPS) is 9.38. The largest absolute Gasteiger partial charge is 0.307 e. The first kappa shape index (κ1) is 7.39. The molecule has 0 unspecified atom stereocenters. The van der Waals surface area contributed by atoms with Gasteiger partial charge in [0.2, 0.25) is 0 Å². The molecule has 3 nitrogen and oxygen atoms in total. The molecular weight excluding hydrogens is 162 g/mol. The van der Waals surface area contributed by atoms with Crippen LogP contribution in [0.3, 0.4) is 0 Å². The maximum Gasteiger partial charge on any atom is 0.124 e. The smallest absolute Gasteiger partial charge is 0.124 e. The molecule has 0 aliphatic rings. The van der Waals surface area contributed by atoms with Crippen molar-refractivity contribution in [1.82, 2.24) is 4.40 Å². The Balaban J connectivity index is 2.91. The summed E-state index contributed by atoms with van der Waals surface area (Å²) in [6.07, 6.45) is 1.77. The van der Waals surface area contributed by atoms with Crippen molar-refractivity contribution < 1.29 is 0 Å². The lowest BCUT2D eigenvalue weighted by Gasteiger charge is -1.96. The van der Waals surface area contributed by atoms with E-state index in [0.717, 1.165) is 5.52 Å². The summed E-state index contributed by atoms with van der Waals surface area (Å²) >= 11 is 0. The second-order valence-electron chi connectivity index (χ2n) is 2.62. The fraction of sp³-hybridized carbons (Fsp3) is 0. The quantitative estimate of drug-likeness (QED) is 0.599. The Labute approximate surface area is 75.1 Å². The van der Waals surface area contributed by atoms with Crippen LogP contribution in [0.25, 0.3) is 5.52 Å². The molecule has 0 aromatic carbocycles. The molecule has 0 saturated heterocycles.